The van der Waals surface area contributed by atoms with Crippen molar-refractivity contribution in [3.63, 3.8) is 0 Å². The Morgan fingerprint density at radius 3 is 0.596 bits per heavy atom. The van der Waals surface area contributed by atoms with E-state index in [1.165, 1.54) is 60.2 Å². The van der Waals surface area contributed by atoms with E-state index in [4.69, 9.17) is 0 Å². The van der Waals surface area contributed by atoms with Crippen molar-refractivity contribution in [1.82, 2.24) is 0 Å². The zero-order valence-electron chi connectivity index (χ0n) is 30.9. The Hall–Kier alpha value is -2.55. The Bertz CT molecular complexity index is 2020. The summed E-state index contributed by atoms with van der Waals surface area (Å²) in [6, 6.07) is 54.1. The fourth-order valence-electron chi connectivity index (χ4n) is 6.21. The molecule has 288 valence electrons. The summed E-state index contributed by atoms with van der Waals surface area (Å²) in [5.74, 6) is -0.605. The molecule has 0 fully saturated rings. The molecular weight excluding hydrogens is 1110 g/mol. The van der Waals surface area contributed by atoms with Crippen LogP contribution in [0.4, 0.5) is 13.2 Å². The van der Waals surface area contributed by atoms with Gasteiger partial charge in [0, 0.05) is 0 Å². The van der Waals surface area contributed by atoms with Crippen LogP contribution in [-0.4, -0.2) is 89.7 Å². The Labute approximate surface area is 372 Å². The molecule has 0 saturated carbocycles. The van der Waals surface area contributed by atoms with Gasteiger partial charge >= 0.3 is 376 Å². The van der Waals surface area contributed by atoms with E-state index in [0.717, 1.165) is 31.9 Å². The van der Waals surface area contributed by atoms with Gasteiger partial charge in [-0.1, -0.05) is 0 Å². The number of hydrogen-bond acceptors (Lipinski definition) is 0. The van der Waals surface area contributed by atoms with Crippen molar-refractivity contribution in [3.8, 4) is 0 Å². The summed E-state index contributed by atoms with van der Waals surface area (Å²) in [5.41, 5.74) is 9.05. The van der Waals surface area contributed by atoms with E-state index < -0.39 is 0 Å². The first-order valence-electron chi connectivity index (χ1n) is 18.3. The van der Waals surface area contributed by atoms with E-state index in [1.54, 1.807) is 36.4 Å². The summed E-state index contributed by atoms with van der Waals surface area (Å²) in [6.45, 7) is 0. The zero-order chi connectivity index (χ0) is 39.2. The summed E-state index contributed by atoms with van der Waals surface area (Å²) < 4.78 is 50.1. The maximum absolute atomic E-state index is 14.1. The van der Waals surface area contributed by atoms with Crippen molar-refractivity contribution in [1.29, 1.82) is 0 Å². The van der Waals surface area contributed by atoms with Gasteiger partial charge in [-0.05, 0) is 0 Å². The third kappa shape index (κ3) is 12.7. The SMILES string of the molecule is Fc1ccc([Se]Cc2c(C[Se]c3ccccc3)c(C[Se]c3ccc(F)cc3)c(C[Se]c3ccccc3)c(C[Se]c3ccc(F)cc3)c2C[Se]c2ccccc2)cc1. The van der Waals surface area contributed by atoms with Gasteiger partial charge in [-0.3, -0.25) is 0 Å². The molecule has 0 aliphatic carbocycles. The van der Waals surface area contributed by atoms with Crippen LogP contribution in [0.1, 0.15) is 33.4 Å². The van der Waals surface area contributed by atoms with Crippen molar-refractivity contribution < 1.29 is 13.2 Å². The van der Waals surface area contributed by atoms with Crippen LogP contribution in [0, 0.1) is 17.5 Å². The van der Waals surface area contributed by atoms with Crippen LogP contribution in [-0.2, 0) is 31.9 Å². The van der Waals surface area contributed by atoms with Crippen LogP contribution in [0.3, 0.4) is 0 Å². The molecule has 0 saturated heterocycles. The topological polar surface area (TPSA) is 0 Å². The molecule has 7 aromatic carbocycles. The van der Waals surface area contributed by atoms with Gasteiger partial charge in [0.1, 0.15) is 0 Å². The van der Waals surface area contributed by atoms with E-state index in [9.17, 15) is 13.2 Å². The molecule has 7 rings (SSSR count). The van der Waals surface area contributed by atoms with E-state index >= 15 is 0 Å². The molecule has 0 nitrogen and oxygen atoms in total. The summed E-state index contributed by atoms with van der Waals surface area (Å²) in [6.07, 6.45) is 0. The van der Waals surface area contributed by atoms with Gasteiger partial charge in [0.15, 0.2) is 0 Å². The maximum atomic E-state index is 14.1. The Balaban J connectivity index is 1.42. The quantitative estimate of drug-likeness (QED) is 0.103. The standard InChI is InChI=1S/C48H39F3Se6/c49-34-16-22-40(23-17-34)55-31-46-43(28-52-37-10-4-1-5-11-37)47(32-56-41-24-18-35(50)19-25-41)45(30-54-39-14-8-3-9-15-39)48(33-57-42-26-20-36(51)21-27-42)44(46)29-53-38-12-6-2-7-13-38/h1-27H,28-33H2. The molecule has 0 amide bonds. The van der Waals surface area contributed by atoms with Crippen LogP contribution in [0.25, 0.3) is 0 Å². The molecule has 0 aromatic heterocycles. The molecule has 9 heteroatoms. The third-order valence-corrected chi connectivity index (χ3v) is 22.2. The molecule has 0 heterocycles. The van der Waals surface area contributed by atoms with Gasteiger partial charge in [0.25, 0.3) is 0 Å². The molecule has 57 heavy (non-hydrogen) atoms. The summed E-state index contributed by atoms with van der Waals surface area (Å²) in [5, 5.41) is 5.82. The molecule has 0 bridgehead atoms. The molecule has 0 unspecified atom stereocenters. The zero-order valence-corrected chi connectivity index (χ0v) is 41.2. The number of halogens is 3. The van der Waals surface area contributed by atoms with Crippen molar-refractivity contribution in [3.05, 3.63) is 215 Å². The Morgan fingerprint density at radius 2 is 0.404 bits per heavy atom. The van der Waals surface area contributed by atoms with E-state index in [-0.39, 0.29) is 107 Å². The van der Waals surface area contributed by atoms with Crippen LogP contribution >= 0.6 is 0 Å². The van der Waals surface area contributed by atoms with Crippen LogP contribution < -0.4 is 26.8 Å². The van der Waals surface area contributed by atoms with E-state index in [0.29, 0.717) is 0 Å². The second kappa shape index (κ2) is 22.2. The molecule has 0 aliphatic heterocycles. The van der Waals surface area contributed by atoms with Gasteiger partial charge in [0.2, 0.25) is 0 Å². The van der Waals surface area contributed by atoms with Crippen molar-refractivity contribution in [2.24, 2.45) is 0 Å². The molecule has 0 spiro atoms. The average molecular weight is 1150 g/mol. The first-order valence-corrected chi connectivity index (χ1v) is 30.7. The predicted molar refractivity (Wildman–Crippen MR) is 240 cm³/mol. The minimum atomic E-state index is -0.202. The minimum absolute atomic E-state index is 0.102. The third-order valence-electron chi connectivity index (χ3n) is 9.16. The van der Waals surface area contributed by atoms with E-state index in [2.05, 4.69) is 91.0 Å². The molecule has 0 aliphatic rings. The average Bonchev–Trinajstić information content (AvgIpc) is 3.25. The Kier molecular flexibility index (Phi) is 16.6. The van der Waals surface area contributed by atoms with Crippen LogP contribution in [0.5, 0.6) is 0 Å². The molecule has 0 atom stereocenters. The van der Waals surface area contributed by atoms with Crippen molar-refractivity contribution in [2.75, 3.05) is 0 Å². The predicted octanol–water partition coefficient (Wildman–Crippen LogP) is 5.28. The Morgan fingerprint density at radius 1 is 0.228 bits per heavy atom. The molecule has 7 aromatic rings. The second-order valence-corrected chi connectivity index (χ2v) is 26.1. The van der Waals surface area contributed by atoms with Gasteiger partial charge in [-0.25, -0.2) is 0 Å². The molecule has 0 N–H and O–H groups in total. The molecule has 0 radical (unpaired) electrons. The van der Waals surface area contributed by atoms with E-state index in [1.807, 2.05) is 36.4 Å². The number of hydrogen-bond donors (Lipinski definition) is 0. The monoisotopic (exact) mass is 1150 g/mol. The second-order valence-electron chi connectivity index (χ2n) is 12.9. The number of benzene rings is 7. The van der Waals surface area contributed by atoms with Gasteiger partial charge in [-0.15, -0.1) is 0 Å². The summed E-state index contributed by atoms with van der Waals surface area (Å²) >= 11 is 0.972. The van der Waals surface area contributed by atoms with Crippen molar-refractivity contribution >= 4 is 117 Å². The fraction of sp³-hybridized carbons (Fsp3) is 0.125. The van der Waals surface area contributed by atoms with Gasteiger partial charge < -0.3 is 0 Å². The molecular formula is C48H39F3Se6. The number of rotatable bonds is 18. The fourth-order valence-corrected chi connectivity index (χ4v) is 18.8. The summed E-state index contributed by atoms with van der Waals surface area (Å²) in [7, 11) is 0. The van der Waals surface area contributed by atoms with Gasteiger partial charge in [0.05, 0.1) is 0 Å². The van der Waals surface area contributed by atoms with Gasteiger partial charge in [-0.2, -0.15) is 0 Å². The summed E-state index contributed by atoms with van der Waals surface area (Å²) in [4.78, 5) is 0. The first-order chi connectivity index (χ1) is 28.0. The van der Waals surface area contributed by atoms with Crippen LogP contribution in [0.15, 0.2) is 164 Å². The normalized spacial score (nSPS) is 11.2. The first kappa shape index (κ1) is 42.6. The van der Waals surface area contributed by atoms with Crippen LogP contribution in [0.2, 0.25) is 0 Å². The van der Waals surface area contributed by atoms with Crippen molar-refractivity contribution in [2.45, 2.75) is 31.9 Å².